The van der Waals surface area contributed by atoms with Gasteiger partial charge in [0.05, 0.1) is 17.0 Å². The van der Waals surface area contributed by atoms with Crippen molar-refractivity contribution in [1.82, 2.24) is 9.62 Å². The van der Waals surface area contributed by atoms with Gasteiger partial charge < -0.3 is 10.1 Å². The normalized spacial score (nSPS) is 20.1. The van der Waals surface area contributed by atoms with Crippen LogP contribution in [0.5, 0.6) is 5.75 Å². The van der Waals surface area contributed by atoms with Crippen molar-refractivity contribution in [2.45, 2.75) is 24.7 Å². The van der Waals surface area contributed by atoms with Gasteiger partial charge in [0.1, 0.15) is 5.75 Å². The van der Waals surface area contributed by atoms with E-state index in [2.05, 4.69) is 5.32 Å². The maximum Gasteiger partial charge on any atom is 0.243 e. The second kappa shape index (κ2) is 7.17. The predicted octanol–water partition coefficient (Wildman–Crippen LogP) is 2.28. The van der Waals surface area contributed by atoms with Crippen molar-refractivity contribution >= 4 is 21.6 Å². The van der Waals surface area contributed by atoms with Gasteiger partial charge in [-0.15, -0.1) is 0 Å². The maximum absolute atomic E-state index is 12.9. The zero-order valence-corrected chi connectivity index (χ0v) is 14.8. The summed E-state index contributed by atoms with van der Waals surface area (Å²) >= 11 is 6.11. The molecule has 1 atom stereocenters. The lowest BCUT2D eigenvalue weighted by atomic mass is 10.00. The van der Waals surface area contributed by atoms with Gasteiger partial charge in [-0.2, -0.15) is 4.31 Å². The summed E-state index contributed by atoms with van der Waals surface area (Å²) in [5.41, 5.74) is 0.650. The van der Waals surface area contributed by atoms with E-state index >= 15 is 0 Å². The van der Waals surface area contributed by atoms with E-state index in [0.717, 1.165) is 19.4 Å². The monoisotopic (exact) mass is 346 g/mol. The number of sulfonamides is 1. The first-order chi connectivity index (χ1) is 10.4. The molecule has 7 heteroatoms. The van der Waals surface area contributed by atoms with E-state index in [4.69, 9.17) is 16.3 Å². The Kier molecular flexibility index (Phi) is 5.71. The first-order valence-electron chi connectivity index (χ1n) is 7.39. The van der Waals surface area contributed by atoms with Gasteiger partial charge in [0.25, 0.3) is 0 Å². The summed E-state index contributed by atoms with van der Waals surface area (Å²) in [6.07, 6.45) is 1.93. The first-order valence-corrected chi connectivity index (χ1v) is 9.20. The molecule has 0 aromatic heterocycles. The molecule has 0 radical (unpaired) electrons. The van der Waals surface area contributed by atoms with Gasteiger partial charge in [-0.3, -0.25) is 0 Å². The van der Waals surface area contributed by atoms with Crippen molar-refractivity contribution in [1.29, 1.82) is 0 Å². The van der Waals surface area contributed by atoms with E-state index in [9.17, 15) is 8.42 Å². The summed E-state index contributed by atoms with van der Waals surface area (Å²) < 4.78 is 32.5. The van der Waals surface area contributed by atoms with Crippen LogP contribution >= 0.6 is 11.6 Å². The van der Waals surface area contributed by atoms with Crippen molar-refractivity contribution in [3.05, 3.63) is 22.7 Å². The van der Waals surface area contributed by atoms with Gasteiger partial charge in [0, 0.05) is 13.1 Å². The number of rotatable bonds is 5. The average molecular weight is 347 g/mol. The van der Waals surface area contributed by atoms with E-state index in [1.54, 1.807) is 17.3 Å². The lowest BCUT2D eigenvalue weighted by molar-refractivity contribution is 0.263. The molecule has 1 saturated heterocycles. The summed E-state index contributed by atoms with van der Waals surface area (Å²) in [4.78, 5) is 0.267. The quantitative estimate of drug-likeness (QED) is 0.888. The highest BCUT2D eigenvalue weighted by Gasteiger charge is 2.31. The van der Waals surface area contributed by atoms with Gasteiger partial charge in [-0.1, -0.05) is 11.6 Å². The molecule has 0 amide bonds. The molecule has 5 nitrogen and oxygen atoms in total. The molecule has 0 bridgehead atoms. The lowest BCUT2D eigenvalue weighted by Crippen LogP contribution is -2.42. The fourth-order valence-electron chi connectivity index (χ4n) is 2.91. The van der Waals surface area contributed by atoms with Crippen molar-refractivity contribution < 1.29 is 13.2 Å². The fourth-order valence-corrected chi connectivity index (χ4v) is 5.00. The van der Waals surface area contributed by atoms with Crippen LogP contribution in [-0.2, 0) is 10.0 Å². The molecule has 1 aliphatic rings. The van der Waals surface area contributed by atoms with Gasteiger partial charge in [-0.25, -0.2) is 8.42 Å². The van der Waals surface area contributed by atoms with Crippen LogP contribution in [0.15, 0.2) is 17.0 Å². The van der Waals surface area contributed by atoms with E-state index in [0.29, 0.717) is 35.3 Å². The van der Waals surface area contributed by atoms with Gasteiger partial charge in [0.15, 0.2) is 0 Å². The number of nitrogens with zero attached hydrogens (tertiary/aromatic N) is 1. The number of halogens is 1. The Bertz CT molecular complexity index is 632. The van der Waals surface area contributed by atoms with Crippen LogP contribution in [0.2, 0.25) is 5.02 Å². The maximum atomic E-state index is 12.9. The highest BCUT2D eigenvalue weighted by molar-refractivity contribution is 7.89. The van der Waals surface area contributed by atoms with Crippen LogP contribution in [0.25, 0.3) is 0 Å². The molecule has 1 aliphatic heterocycles. The second-order valence-electron chi connectivity index (χ2n) is 5.68. The Morgan fingerprint density at radius 2 is 2.18 bits per heavy atom. The molecule has 2 rings (SSSR count). The molecule has 1 heterocycles. The minimum atomic E-state index is -3.53. The molecule has 1 unspecified atom stereocenters. The summed E-state index contributed by atoms with van der Waals surface area (Å²) in [6, 6.07) is 3.16. The van der Waals surface area contributed by atoms with Crippen molar-refractivity contribution in [2.24, 2.45) is 5.92 Å². The third kappa shape index (κ3) is 3.56. The molecule has 1 aromatic rings. The van der Waals surface area contributed by atoms with Crippen LogP contribution in [0.1, 0.15) is 18.4 Å². The lowest BCUT2D eigenvalue weighted by Gasteiger charge is -2.32. The number of hydrogen-bond donors (Lipinski definition) is 1. The molecule has 1 N–H and O–H groups in total. The number of methoxy groups -OCH3 is 1. The number of benzene rings is 1. The Balaban J connectivity index is 2.32. The van der Waals surface area contributed by atoms with Crippen molar-refractivity contribution in [3.63, 3.8) is 0 Å². The molecule has 0 spiro atoms. The number of ether oxygens (including phenoxy) is 1. The van der Waals surface area contributed by atoms with Gasteiger partial charge in [-0.05, 0) is 57.0 Å². The minimum Gasteiger partial charge on any atom is -0.495 e. The van der Waals surface area contributed by atoms with Crippen LogP contribution < -0.4 is 10.1 Å². The number of nitrogens with one attached hydrogen (secondary N) is 1. The Labute approximate surface area is 137 Å². The Hall–Kier alpha value is -0.820. The summed E-state index contributed by atoms with van der Waals surface area (Å²) in [5.74, 6) is 0.840. The number of hydrogen-bond acceptors (Lipinski definition) is 4. The molecule has 124 valence electrons. The van der Waals surface area contributed by atoms with Crippen LogP contribution in [0.3, 0.4) is 0 Å². The van der Waals surface area contributed by atoms with Crippen molar-refractivity contribution in [3.8, 4) is 5.75 Å². The predicted molar refractivity (Wildman–Crippen MR) is 88.2 cm³/mol. The largest absolute Gasteiger partial charge is 0.495 e. The molecule has 1 fully saturated rings. The van der Waals surface area contributed by atoms with E-state index in [1.165, 1.54) is 13.2 Å². The third-order valence-corrected chi connectivity index (χ3v) is 6.34. The Morgan fingerprint density at radius 1 is 1.45 bits per heavy atom. The molecule has 0 saturated carbocycles. The molecule has 0 aliphatic carbocycles. The zero-order valence-electron chi connectivity index (χ0n) is 13.2. The van der Waals surface area contributed by atoms with E-state index in [1.807, 2.05) is 7.05 Å². The summed E-state index contributed by atoms with van der Waals surface area (Å²) in [5, 5.41) is 3.44. The summed E-state index contributed by atoms with van der Waals surface area (Å²) in [7, 11) is -0.120. The number of piperidine rings is 1. The summed E-state index contributed by atoms with van der Waals surface area (Å²) in [6.45, 7) is 3.70. The number of aryl methyl sites for hydroxylation is 1. The smallest absolute Gasteiger partial charge is 0.243 e. The molecular formula is C15H23ClN2O3S. The molecule has 22 heavy (non-hydrogen) atoms. The average Bonchev–Trinajstić information content (AvgIpc) is 2.49. The van der Waals surface area contributed by atoms with Crippen molar-refractivity contribution in [2.75, 3.05) is 33.8 Å². The third-order valence-electron chi connectivity index (χ3n) is 4.04. The fraction of sp³-hybridized carbons (Fsp3) is 0.600. The Morgan fingerprint density at radius 3 is 2.82 bits per heavy atom. The van der Waals surface area contributed by atoms with Gasteiger partial charge in [0.2, 0.25) is 10.0 Å². The molecular weight excluding hydrogens is 324 g/mol. The molecule has 1 aromatic carbocycles. The van der Waals surface area contributed by atoms with Crippen LogP contribution in [0.4, 0.5) is 0 Å². The zero-order chi connectivity index (χ0) is 16.3. The van der Waals surface area contributed by atoms with Crippen LogP contribution in [0, 0.1) is 12.8 Å². The van der Waals surface area contributed by atoms with Crippen LogP contribution in [-0.4, -0.2) is 46.5 Å². The SMILES string of the molecule is CNCC1CCCN(S(=O)(=O)c2cc(Cl)c(OC)cc2C)C1. The topological polar surface area (TPSA) is 58.6 Å². The van der Waals surface area contributed by atoms with Gasteiger partial charge >= 0.3 is 0 Å². The highest BCUT2D eigenvalue weighted by Crippen LogP contribution is 2.32. The highest BCUT2D eigenvalue weighted by atomic mass is 35.5. The standard InChI is InChI=1S/C15H23ClN2O3S/c1-11-7-14(21-3)13(16)8-15(11)22(19,20)18-6-4-5-12(10-18)9-17-2/h7-8,12,17H,4-6,9-10H2,1-3H3. The first kappa shape index (κ1) is 17.5. The van der Waals surface area contributed by atoms with E-state index in [-0.39, 0.29) is 4.90 Å². The van der Waals surface area contributed by atoms with E-state index < -0.39 is 10.0 Å². The minimum absolute atomic E-state index is 0.267. The second-order valence-corrected chi connectivity index (χ2v) is 7.99.